The monoisotopic (exact) mass is 268 g/mol. The molecule has 0 aromatic carbocycles. The molecule has 1 N–H and O–H groups in total. The number of nitrogens with zero attached hydrogens (tertiary/aromatic N) is 1. The Balaban J connectivity index is 1.46. The van der Waals surface area contributed by atoms with E-state index in [4.69, 9.17) is 4.74 Å². The number of hydrogen-bond acceptors (Lipinski definition) is 3. The van der Waals surface area contributed by atoms with Gasteiger partial charge in [0.25, 0.3) is 0 Å². The molecule has 0 heterocycles. The predicted octanol–water partition coefficient (Wildman–Crippen LogP) is 2.80. The van der Waals surface area contributed by atoms with Gasteiger partial charge in [-0.1, -0.05) is 19.3 Å². The van der Waals surface area contributed by atoms with Gasteiger partial charge in [-0.3, -0.25) is 0 Å². The Morgan fingerprint density at radius 1 is 1.16 bits per heavy atom. The second-order valence-corrected chi connectivity index (χ2v) is 6.33. The van der Waals surface area contributed by atoms with Crippen LogP contribution in [0.15, 0.2) is 0 Å². The molecule has 0 radical (unpaired) electrons. The first-order valence-electron chi connectivity index (χ1n) is 8.34. The lowest BCUT2D eigenvalue weighted by Gasteiger charge is -2.36. The van der Waals surface area contributed by atoms with Crippen LogP contribution in [-0.4, -0.2) is 49.8 Å². The second-order valence-electron chi connectivity index (χ2n) is 6.33. The summed E-state index contributed by atoms with van der Waals surface area (Å²) >= 11 is 0. The molecule has 0 unspecified atom stereocenters. The van der Waals surface area contributed by atoms with Gasteiger partial charge in [-0.15, -0.1) is 0 Å². The summed E-state index contributed by atoms with van der Waals surface area (Å²) < 4.78 is 5.58. The van der Waals surface area contributed by atoms with Gasteiger partial charge in [0, 0.05) is 18.7 Å². The Bertz CT molecular complexity index is 235. The maximum Gasteiger partial charge on any atom is 0.0604 e. The fourth-order valence-corrected chi connectivity index (χ4v) is 3.44. The maximum absolute atomic E-state index is 5.58. The van der Waals surface area contributed by atoms with Gasteiger partial charge in [0.1, 0.15) is 0 Å². The van der Waals surface area contributed by atoms with Gasteiger partial charge in [0.15, 0.2) is 0 Å². The summed E-state index contributed by atoms with van der Waals surface area (Å²) in [5, 5.41) is 3.66. The molecule has 0 atom stereocenters. The minimum Gasteiger partial charge on any atom is -0.378 e. The third kappa shape index (κ3) is 5.05. The molecule has 2 fully saturated rings. The molecule has 0 bridgehead atoms. The first kappa shape index (κ1) is 15.3. The van der Waals surface area contributed by atoms with Crippen molar-refractivity contribution < 1.29 is 4.74 Å². The normalized spacial score (nSPS) is 28.6. The highest BCUT2D eigenvalue weighted by molar-refractivity contribution is 4.85. The van der Waals surface area contributed by atoms with Crippen molar-refractivity contribution in [2.75, 3.05) is 26.7 Å². The highest BCUT2D eigenvalue weighted by Gasteiger charge is 2.28. The number of rotatable bonds is 8. The molecule has 0 saturated heterocycles. The van der Waals surface area contributed by atoms with Crippen molar-refractivity contribution in [1.82, 2.24) is 10.2 Å². The molecule has 0 spiro atoms. The molecule has 0 aromatic heterocycles. The molecule has 2 rings (SSSR count). The SMILES string of the molecule is CCOC1CC(NCCCN(C)C2CCCCC2)C1. The predicted molar refractivity (Wildman–Crippen MR) is 80.6 cm³/mol. The van der Waals surface area contributed by atoms with Crippen LogP contribution in [-0.2, 0) is 4.74 Å². The third-order valence-corrected chi connectivity index (χ3v) is 4.82. The smallest absolute Gasteiger partial charge is 0.0604 e. The number of ether oxygens (including phenoxy) is 1. The maximum atomic E-state index is 5.58. The van der Waals surface area contributed by atoms with E-state index >= 15 is 0 Å². The fraction of sp³-hybridized carbons (Fsp3) is 1.00. The van der Waals surface area contributed by atoms with Gasteiger partial charge in [-0.05, 0) is 59.2 Å². The highest BCUT2D eigenvalue weighted by Crippen LogP contribution is 2.23. The molecular formula is C16H32N2O. The summed E-state index contributed by atoms with van der Waals surface area (Å²) in [5.74, 6) is 0. The van der Waals surface area contributed by atoms with Gasteiger partial charge in [-0.25, -0.2) is 0 Å². The standard InChI is InChI=1S/C16H32N2O/c1-3-19-16-12-14(13-16)17-10-7-11-18(2)15-8-5-4-6-9-15/h14-17H,3-13H2,1-2H3. The van der Waals surface area contributed by atoms with Crippen molar-refractivity contribution in [2.45, 2.75) is 76.5 Å². The van der Waals surface area contributed by atoms with Gasteiger partial charge >= 0.3 is 0 Å². The molecule has 2 saturated carbocycles. The molecular weight excluding hydrogens is 236 g/mol. The van der Waals surface area contributed by atoms with Crippen molar-refractivity contribution in [3.05, 3.63) is 0 Å². The molecule has 0 aliphatic heterocycles. The van der Waals surface area contributed by atoms with E-state index in [-0.39, 0.29) is 0 Å². The van der Waals surface area contributed by atoms with E-state index in [2.05, 4.69) is 24.2 Å². The van der Waals surface area contributed by atoms with Crippen LogP contribution in [0.3, 0.4) is 0 Å². The average molecular weight is 268 g/mol. The van der Waals surface area contributed by atoms with Crippen LogP contribution < -0.4 is 5.32 Å². The summed E-state index contributed by atoms with van der Waals surface area (Å²) in [6.45, 7) is 5.37. The lowest BCUT2D eigenvalue weighted by Crippen LogP contribution is -2.46. The van der Waals surface area contributed by atoms with Crippen molar-refractivity contribution in [2.24, 2.45) is 0 Å². The molecule has 19 heavy (non-hydrogen) atoms. The second kappa shape index (κ2) is 8.23. The van der Waals surface area contributed by atoms with Crippen LogP contribution in [0.2, 0.25) is 0 Å². The molecule has 2 aliphatic rings. The van der Waals surface area contributed by atoms with Crippen LogP contribution in [0, 0.1) is 0 Å². The Morgan fingerprint density at radius 3 is 2.58 bits per heavy atom. The van der Waals surface area contributed by atoms with E-state index < -0.39 is 0 Å². The largest absolute Gasteiger partial charge is 0.378 e. The molecule has 112 valence electrons. The fourth-order valence-electron chi connectivity index (χ4n) is 3.44. The van der Waals surface area contributed by atoms with Gasteiger partial charge in [0.2, 0.25) is 0 Å². The first-order valence-corrected chi connectivity index (χ1v) is 8.34. The van der Waals surface area contributed by atoms with Crippen molar-refractivity contribution in [3.63, 3.8) is 0 Å². The van der Waals surface area contributed by atoms with Crippen molar-refractivity contribution >= 4 is 0 Å². The zero-order chi connectivity index (χ0) is 13.5. The summed E-state index contributed by atoms with van der Waals surface area (Å²) in [4.78, 5) is 2.59. The van der Waals surface area contributed by atoms with Crippen molar-refractivity contribution in [1.29, 1.82) is 0 Å². The highest BCUT2D eigenvalue weighted by atomic mass is 16.5. The molecule has 0 amide bonds. The number of hydrogen-bond donors (Lipinski definition) is 1. The average Bonchev–Trinajstić information content (AvgIpc) is 2.41. The van der Waals surface area contributed by atoms with Gasteiger partial charge in [-0.2, -0.15) is 0 Å². The topological polar surface area (TPSA) is 24.5 Å². The van der Waals surface area contributed by atoms with E-state index in [0.29, 0.717) is 6.10 Å². The minimum absolute atomic E-state index is 0.535. The van der Waals surface area contributed by atoms with Crippen LogP contribution in [0.1, 0.15) is 58.3 Å². The van der Waals surface area contributed by atoms with E-state index in [0.717, 1.165) is 18.7 Å². The van der Waals surface area contributed by atoms with Crippen LogP contribution >= 0.6 is 0 Å². The minimum atomic E-state index is 0.535. The Labute approximate surface area is 119 Å². The molecule has 3 heteroatoms. The lowest BCUT2D eigenvalue weighted by atomic mass is 9.89. The summed E-state index contributed by atoms with van der Waals surface area (Å²) in [7, 11) is 2.31. The van der Waals surface area contributed by atoms with E-state index in [9.17, 15) is 0 Å². The quantitative estimate of drug-likeness (QED) is 0.685. The van der Waals surface area contributed by atoms with E-state index in [1.54, 1.807) is 0 Å². The Hall–Kier alpha value is -0.120. The summed E-state index contributed by atoms with van der Waals surface area (Å²) in [5.41, 5.74) is 0. The molecule has 3 nitrogen and oxygen atoms in total. The third-order valence-electron chi connectivity index (χ3n) is 4.82. The molecule has 0 aromatic rings. The summed E-state index contributed by atoms with van der Waals surface area (Å²) in [6, 6.07) is 1.58. The van der Waals surface area contributed by atoms with Gasteiger partial charge < -0.3 is 15.0 Å². The number of nitrogens with one attached hydrogen (secondary N) is 1. The summed E-state index contributed by atoms with van der Waals surface area (Å²) in [6.07, 6.45) is 11.4. The Kier molecular flexibility index (Phi) is 6.62. The van der Waals surface area contributed by atoms with Crippen LogP contribution in [0.4, 0.5) is 0 Å². The Morgan fingerprint density at radius 2 is 1.89 bits per heavy atom. The lowest BCUT2D eigenvalue weighted by molar-refractivity contribution is -0.00988. The van der Waals surface area contributed by atoms with Crippen molar-refractivity contribution in [3.8, 4) is 0 Å². The zero-order valence-corrected chi connectivity index (χ0v) is 12.9. The van der Waals surface area contributed by atoms with E-state index in [1.807, 2.05) is 0 Å². The van der Waals surface area contributed by atoms with Crippen LogP contribution in [0.5, 0.6) is 0 Å². The first-order chi connectivity index (χ1) is 9.29. The molecule has 2 aliphatic carbocycles. The zero-order valence-electron chi connectivity index (χ0n) is 12.9. The van der Waals surface area contributed by atoms with Gasteiger partial charge in [0.05, 0.1) is 6.10 Å². The van der Waals surface area contributed by atoms with Crippen LogP contribution in [0.25, 0.3) is 0 Å². The van der Waals surface area contributed by atoms with E-state index in [1.165, 1.54) is 64.5 Å².